The Morgan fingerprint density at radius 1 is 1.15 bits per heavy atom. The number of nitrogens with zero attached hydrogens (tertiary/aromatic N) is 1. The first-order chi connectivity index (χ1) is 12.5. The Morgan fingerprint density at radius 3 is 2.26 bits per heavy atom. The molecule has 1 amide bonds. The summed E-state index contributed by atoms with van der Waals surface area (Å²) in [7, 11) is -3.73. The molecule has 2 atom stereocenters. The lowest BCUT2D eigenvalue weighted by molar-refractivity contribution is -0.122. The summed E-state index contributed by atoms with van der Waals surface area (Å²) >= 11 is 6.12. The smallest absolute Gasteiger partial charge is 0.244 e. The summed E-state index contributed by atoms with van der Waals surface area (Å²) in [5, 5.41) is 3.17. The largest absolute Gasteiger partial charge is 0.348 e. The first-order valence-corrected chi connectivity index (χ1v) is 10.5. The molecule has 2 aromatic carbocycles. The number of carbonyl (C=O) groups excluding carboxylic acids is 1. The van der Waals surface area contributed by atoms with Crippen LogP contribution >= 0.6 is 11.6 Å². The van der Waals surface area contributed by atoms with Crippen LogP contribution in [0, 0.1) is 12.7 Å². The minimum Gasteiger partial charge on any atom is -0.348 e. The van der Waals surface area contributed by atoms with E-state index in [1.165, 1.54) is 25.1 Å². The van der Waals surface area contributed by atoms with Crippen LogP contribution < -0.4 is 9.62 Å². The van der Waals surface area contributed by atoms with Gasteiger partial charge in [-0.15, -0.1) is 0 Å². The van der Waals surface area contributed by atoms with E-state index < -0.39 is 28.0 Å². The van der Waals surface area contributed by atoms with E-state index in [4.69, 9.17) is 11.6 Å². The van der Waals surface area contributed by atoms with Crippen LogP contribution in [-0.4, -0.2) is 26.6 Å². The third-order valence-electron chi connectivity index (χ3n) is 4.23. The predicted octanol–water partition coefficient (Wildman–Crippen LogP) is 3.82. The highest BCUT2D eigenvalue weighted by Crippen LogP contribution is 2.27. The Balaban J connectivity index is 2.26. The number of rotatable bonds is 6. The molecule has 0 bridgehead atoms. The van der Waals surface area contributed by atoms with E-state index >= 15 is 0 Å². The van der Waals surface area contributed by atoms with Crippen molar-refractivity contribution in [1.29, 1.82) is 0 Å². The number of benzene rings is 2. The molecule has 0 fully saturated rings. The SMILES string of the molecule is Cc1ccc(N([C@H](C)C(=O)N[C@H](C)c2ccc(F)cc2)S(C)(=O)=O)cc1Cl. The van der Waals surface area contributed by atoms with Crippen molar-refractivity contribution >= 4 is 33.2 Å². The maximum Gasteiger partial charge on any atom is 0.244 e. The standard InChI is InChI=1S/C19H22ClFN2O3S/c1-12-5-10-17(11-18(12)20)23(27(4,25)26)14(3)19(24)22-13(2)15-6-8-16(21)9-7-15/h5-11,13-14H,1-4H3,(H,22,24)/t13-,14-/m1/s1. The number of amides is 1. The molecule has 0 aromatic heterocycles. The molecule has 2 rings (SSSR count). The highest BCUT2D eigenvalue weighted by molar-refractivity contribution is 7.92. The van der Waals surface area contributed by atoms with Crippen LogP contribution in [0.4, 0.5) is 10.1 Å². The van der Waals surface area contributed by atoms with Crippen molar-refractivity contribution < 1.29 is 17.6 Å². The second kappa shape index (κ2) is 8.27. The lowest BCUT2D eigenvalue weighted by Crippen LogP contribution is -2.48. The van der Waals surface area contributed by atoms with Gasteiger partial charge in [-0.2, -0.15) is 0 Å². The van der Waals surface area contributed by atoms with E-state index in [0.29, 0.717) is 16.3 Å². The number of nitrogens with one attached hydrogen (secondary N) is 1. The van der Waals surface area contributed by atoms with Gasteiger partial charge >= 0.3 is 0 Å². The lowest BCUT2D eigenvalue weighted by atomic mass is 10.1. The molecule has 27 heavy (non-hydrogen) atoms. The zero-order valence-electron chi connectivity index (χ0n) is 15.5. The van der Waals surface area contributed by atoms with E-state index in [0.717, 1.165) is 16.1 Å². The molecule has 8 heteroatoms. The van der Waals surface area contributed by atoms with Crippen molar-refractivity contribution in [3.8, 4) is 0 Å². The molecular weight excluding hydrogens is 391 g/mol. The van der Waals surface area contributed by atoms with Gasteiger partial charge < -0.3 is 5.32 Å². The summed E-state index contributed by atoms with van der Waals surface area (Å²) in [5.74, 6) is -0.848. The van der Waals surface area contributed by atoms with Crippen LogP contribution in [0.15, 0.2) is 42.5 Å². The monoisotopic (exact) mass is 412 g/mol. The van der Waals surface area contributed by atoms with Crippen LogP contribution in [0.1, 0.15) is 31.0 Å². The number of hydrogen-bond donors (Lipinski definition) is 1. The summed E-state index contributed by atoms with van der Waals surface area (Å²) < 4.78 is 38.7. The van der Waals surface area contributed by atoms with Gasteiger partial charge in [-0.25, -0.2) is 12.8 Å². The Labute approximate surface area is 164 Å². The molecule has 2 aromatic rings. The third kappa shape index (κ3) is 5.20. The topological polar surface area (TPSA) is 66.5 Å². The summed E-state index contributed by atoms with van der Waals surface area (Å²) in [6.07, 6.45) is 1.04. The molecule has 0 aliphatic heterocycles. The molecule has 0 spiro atoms. The maximum absolute atomic E-state index is 13.1. The van der Waals surface area contributed by atoms with Crippen molar-refractivity contribution in [2.45, 2.75) is 32.9 Å². The minimum atomic E-state index is -3.73. The van der Waals surface area contributed by atoms with Crippen molar-refractivity contribution in [2.24, 2.45) is 0 Å². The Kier molecular flexibility index (Phi) is 6.49. The van der Waals surface area contributed by atoms with Gasteiger partial charge in [0.1, 0.15) is 11.9 Å². The highest BCUT2D eigenvalue weighted by Gasteiger charge is 2.30. The second-order valence-corrected chi connectivity index (χ2v) is 8.72. The number of halogens is 2. The first kappa shape index (κ1) is 21.2. The fourth-order valence-electron chi connectivity index (χ4n) is 2.70. The maximum atomic E-state index is 13.1. The van der Waals surface area contributed by atoms with Gasteiger partial charge in [0.15, 0.2) is 0 Å². The number of carbonyl (C=O) groups is 1. The molecule has 0 aliphatic carbocycles. The van der Waals surface area contributed by atoms with Gasteiger partial charge in [0.05, 0.1) is 18.0 Å². The van der Waals surface area contributed by atoms with E-state index in [-0.39, 0.29) is 5.82 Å². The summed E-state index contributed by atoms with van der Waals surface area (Å²) in [5.41, 5.74) is 1.82. The quantitative estimate of drug-likeness (QED) is 0.784. The van der Waals surface area contributed by atoms with Crippen LogP contribution in [-0.2, 0) is 14.8 Å². The van der Waals surface area contributed by atoms with Crippen LogP contribution in [0.2, 0.25) is 5.02 Å². The minimum absolute atomic E-state index is 0.310. The molecule has 1 N–H and O–H groups in total. The molecule has 0 unspecified atom stereocenters. The Morgan fingerprint density at radius 2 is 1.74 bits per heavy atom. The van der Waals surface area contributed by atoms with Gasteiger partial charge in [-0.1, -0.05) is 29.8 Å². The molecule has 0 aliphatic rings. The summed E-state index contributed by atoms with van der Waals surface area (Å²) in [4.78, 5) is 12.7. The third-order valence-corrected chi connectivity index (χ3v) is 5.88. The zero-order chi connectivity index (χ0) is 20.4. The van der Waals surface area contributed by atoms with Gasteiger partial charge in [-0.05, 0) is 56.2 Å². The van der Waals surface area contributed by atoms with E-state index in [1.54, 1.807) is 38.1 Å². The van der Waals surface area contributed by atoms with Gasteiger partial charge in [0, 0.05) is 5.02 Å². The molecular formula is C19H22ClFN2O3S. The van der Waals surface area contributed by atoms with Gasteiger partial charge in [0.2, 0.25) is 15.9 Å². The fourth-order valence-corrected chi connectivity index (χ4v) is 4.04. The van der Waals surface area contributed by atoms with Gasteiger partial charge in [0.25, 0.3) is 0 Å². The average molecular weight is 413 g/mol. The van der Waals surface area contributed by atoms with Gasteiger partial charge in [-0.3, -0.25) is 9.10 Å². The number of hydrogen-bond acceptors (Lipinski definition) is 3. The molecule has 0 radical (unpaired) electrons. The Hall–Kier alpha value is -2.12. The van der Waals surface area contributed by atoms with E-state index in [9.17, 15) is 17.6 Å². The Bertz CT molecular complexity index is 932. The lowest BCUT2D eigenvalue weighted by Gasteiger charge is -2.29. The zero-order valence-corrected chi connectivity index (χ0v) is 17.1. The number of sulfonamides is 1. The van der Waals surface area contributed by atoms with Crippen molar-refractivity contribution in [3.63, 3.8) is 0 Å². The first-order valence-electron chi connectivity index (χ1n) is 8.32. The van der Waals surface area contributed by atoms with Crippen LogP contribution in [0.25, 0.3) is 0 Å². The normalized spacial score (nSPS) is 13.7. The highest BCUT2D eigenvalue weighted by atomic mass is 35.5. The van der Waals surface area contributed by atoms with Crippen LogP contribution in [0.3, 0.4) is 0 Å². The van der Waals surface area contributed by atoms with Crippen molar-refractivity contribution in [1.82, 2.24) is 5.32 Å². The van der Waals surface area contributed by atoms with Crippen LogP contribution in [0.5, 0.6) is 0 Å². The second-order valence-electron chi connectivity index (χ2n) is 6.45. The van der Waals surface area contributed by atoms with E-state index in [2.05, 4.69) is 5.32 Å². The molecule has 0 saturated heterocycles. The fraction of sp³-hybridized carbons (Fsp3) is 0.316. The number of anilines is 1. The summed E-state index contributed by atoms with van der Waals surface area (Å²) in [6, 6.07) is 9.15. The summed E-state index contributed by atoms with van der Waals surface area (Å²) in [6.45, 7) is 5.05. The predicted molar refractivity (Wildman–Crippen MR) is 106 cm³/mol. The molecule has 146 valence electrons. The van der Waals surface area contributed by atoms with Crippen molar-refractivity contribution in [3.05, 3.63) is 64.4 Å². The molecule has 5 nitrogen and oxygen atoms in total. The molecule has 0 saturated carbocycles. The average Bonchev–Trinajstić information content (AvgIpc) is 2.57. The molecule has 0 heterocycles. The van der Waals surface area contributed by atoms with E-state index in [1.807, 2.05) is 0 Å². The van der Waals surface area contributed by atoms with Crippen molar-refractivity contribution in [2.75, 3.05) is 10.6 Å². The number of aryl methyl sites for hydroxylation is 1.